The number of nitrogens with one attached hydrogen (secondary N) is 2. The van der Waals surface area contributed by atoms with Gasteiger partial charge in [-0.15, -0.1) is 0 Å². The van der Waals surface area contributed by atoms with Gasteiger partial charge in [0, 0.05) is 50.2 Å². The first-order valence-electron chi connectivity index (χ1n) is 12.6. The quantitative estimate of drug-likeness (QED) is 0.493. The Hall–Kier alpha value is -3.04. The summed E-state index contributed by atoms with van der Waals surface area (Å²) in [6, 6.07) is 13.1. The number of amides is 1. The molecule has 37 heavy (non-hydrogen) atoms. The van der Waals surface area contributed by atoms with Crippen LogP contribution in [-0.2, 0) is 11.8 Å². The Morgan fingerprint density at radius 2 is 1.78 bits per heavy atom. The molecule has 0 unspecified atom stereocenters. The van der Waals surface area contributed by atoms with Crippen molar-refractivity contribution in [2.75, 3.05) is 38.6 Å². The van der Waals surface area contributed by atoms with E-state index in [4.69, 9.17) is 0 Å². The van der Waals surface area contributed by atoms with Gasteiger partial charge in [-0.1, -0.05) is 24.8 Å². The molecular weight excluding hydrogens is 481 g/mol. The molecule has 4 rings (SSSR count). The summed E-state index contributed by atoms with van der Waals surface area (Å²) in [5.74, 6) is -0.574. The van der Waals surface area contributed by atoms with Crippen molar-refractivity contribution >= 4 is 11.6 Å². The highest BCUT2D eigenvalue weighted by Crippen LogP contribution is 2.40. The molecule has 0 aromatic heterocycles. The van der Waals surface area contributed by atoms with E-state index < -0.39 is 23.2 Å². The summed E-state index contributed by atoms with van der Waals surface area (Å²) in [7, 11) is 3.99. The van der Waals surface area contributed by atoms with Crippen LogP contribution in [0, 0.1) is 0 Å². The number of carbonyl (C=O) groups excluding carboxylic acids is 1. The van der Waals surface area contributed by atoms with Gasteiger partial charge in [0.2, 0.25) is 0 Å². The fraction of sp³-hybridized carbons (Fsp3) is 0.464. The lowest BCUT2D eigenvalue weighted by molar-refractivity contribution is -0.137. The summed E-state index contributed by atoms with van der Waals surface area (Å²) in [5.41, 5.74) is 1.03. The first kappa shape index (κ1) is 27.0. The fourth-order valence-corrected chi connectivity index (χ4v) is 5.17. The average Bonchev–Trinajstić information content (AvgIpc) is 2.85. The summed E-state index contributed by atoms with van der Waals surface area (Å²) >= 11 is 0. The van der Waals surface area contributed by atoms with Crippen molar-refractivity contribution in [2.45, 2.75) is 49.5 Å². The van der Waals surface area contributed by atoms with E-state index in [1.807, 2.05) is 43.3 Å². The summed E-state index contributed by atoms with van der Waals surface area (Å²) in [4.78, 5) is 16.7. The zero-order chi connectivity index (χ0) is 26.8. The van der Waals surface area contributed by atoms with E-state index in [-0.39, 0.29) is 18.2 Å². The monoisotopic (exact) mass is 516 g/mol. The van der Waals surface area contributed by atoms with Crippen molar-refractivity contribution in [3.05, 3.63) is 77.5 Å². The van der Waals surface area contributed by atoms with Gasteiger partial charge in [-0.2, -0.15) is 13.2 Å². The van der Waals surface area contributed by atoms with E-state index in [2.05, 4.69) is 22.1 Å². The Labute approximate surface area is 216 Å². The number of aliphatic hydroxyl groups is 1. The summed E-state index contributed by atoms with van der Waals surface area (Å²) in [6.07, 6.45) is -1.20. The molecule has 2 aliphatic rings. The second-order valence-electron chi connectivity index (χ2n) is 10.4. The van der Waals surface area contributed by atoms with Crippen LogP contribution in [0.15, 0.2) is 60.8 Å². The number of halogens is 3. The van der Waals surface area contributed by atoms with Gasteiger partial charge < -0.3 is 20.6 Å². The molecule has 0 bridgehead atoms. The molecule has 2 aromatic rings. The highest BCUT2D eigenvalue weighted by atomic mass is 19.4. The molecule has 2 fully saturated rings. The third kappa shape index (κ3) is 6.45. The summed E-state index contributed by atoms with van der Waals surface area (Å²) < 4.78 is 38.6. The molecule has 2 aromatic carbocycles. The highest BCUT2D eigenvalue weighted by Gasteiger charge is 2.40. The van der Waals surface area contributed by atoms with Crippen LogP contribution in [0.4, 0.5) is 18.9 Å². The topological polar surface area (TPSA) is 67.8 Å². The zero-order valence-electron chi connectivity index (χ0n) is 21.3. The predicted molar refractivity (Wildman–Crippen MR) is 138 cm³/mol. The van der Waals surface area contributed by atoms with E-state index >= 15 is 0 Å². The Bertz CT molecular complexity index is 1100. The summed E-state index contributed by atoms with van der Waals surface area (Å²) in [5, 5.41) is 17.2. The third-order valence-electron chi connectivity index (χ3n) is 7.45. The standard InChI is InChI=1S/C28H35F3N4O2/c1-19(16-32-26(36)20-5-4-6-22(15-20)28(29,30)31)33-23-17-35(18-23)25-11-13-27(37,14-12-25)21-7-9-24(10-8-21)34(2)3/h4-10,15,23,25,33,37H,1,11-14,16-18H2,2-3H3,(H,32,36). The Balaban J connectivity index is 1.18. The van der Waals surface area contributed by atoms with Crippen LogP contribution in [0.5, 0.6) is 0 Å². The second-order valence-corrected chi connectivity index (χ2v) is 10.4. The van der Waals surface area contributed by atoms with Gasteiger partial charge in [0.25, 0.3) is 5.91 Å². The van der Waals surface area contributed by atoms with Crippen molar-refractivity contribution in [3.8, 4) is 0 Å². The normalized spacial score (nSPS) is 22.7. The number of carbonyl (C=O) groups is 1. The van der Waals surface area contributed by atoms with E-state index in [1.165, 1.54) is 12.1 Å². The van der Waals surface area contributed by atoms with Crippen LogP contribution >= 0.6 is 0 Å². The molecular formula is C28H35F3N4O2. The maximum atomic E-state index is 12.9. The SMILES string of the molecule is C=C(CNC(=O)c1cccc(C(F)(F)F)c1)NC1CN(C2CCC(O)(c3ccc(N(C)C)cc3)CC2)C1. The van der Waals surface area contributed by atoms with Crippen LogP contribution < -0.4 is 15.5 Å². The van der Waals surface area contributed by atoms with Gasteiger partial charge in [-0.05, 0) is 61.6 Å². The number of nitrogens with zero attached hydrogens (tertiary/aromatic N) is 2. The van der Waals surface area contributed by atoms with Crippen LogP contribution in [0.3, 0.4) is 0 Å². The lowest BCUT2D eigenvalue weighted by Crippen LogP contribution is -2.62. The van der Waals surface area contributed by atoms with Gasteiger partial charge in [0.15, 0.2) is 0 Å². The Kier molecular flexibility index (Phi) is 7.85. The van der Waals surface area contributed by atoms with Crippen molar-refractivity contribution < 1.29 is 23.1 Å². The van der Waals surface area contributed by atoms with Crippen LogP contribution in [0.2, 0.25) is 0 Å². The second kappa shape index (κ2) is 10.8. The zero-order valence-corrected chi connectivity index (χ0v) is 21.3. The number of benzene rings is 2. The minimum atomic E-state index is -4.49. The molecule has 9 heteroatoms. The first-order valence-corrected chi connectivity index (χ1v) is 12.6. The van der Waals surface area contributed by atoms with Gasteiger partial charge in [-0.25, -0.2) is 0 Å². The number of likely N-dealkylation sites (tertiary alicyclic amines) is 1. The molecule has 200 valence electrons. The largest absolute Gasteiger partial charge is 0.416 e. The number of anilines is 1. The predicted octanol–water partition coefficient (Wildman–Crippen LogP) is 4.12. The van der Waals surface area contributed by atoms with Crippen LogP contribution in [0.1, 0.15) is 47.2 Å². The first-order chi connectivity index (χ1) is 17.4. The van der Waals surface area contributed by atoms with Gasteiger partial charge in [-0.3, -0.25) is 9.69 Å². The molecule has 3 N–H and O–H groups in total. The Morgan fingerprint density at radius 3 is 2.38 bits per heavy atom. The minimum absolute atomic E-state index is 0.0386. The molecule has 6 nitrogen and oxygen atoms in total. The average molecular weight is 517 g/mol. The van der Waals surface area contributed by atoms with Crippen LogP contribution in [0.25, 0.3) is 0 Å². The molecule has 1 heterocycles. The third-order valence-corrected chi connectivity index (χ3v) is 7.45. The Morgan fingerprint density at radius 1 is 1.14 bits per heavy atom. The van der Waals surface area contributed by atoms with Gasteiger partial charge >= 0.3 is 6.18 Å². The van der Waals surface area contributed by atoms with Crippen molar-refractivity contribution in [3.63, 3.8) is 0 Å². The number of alkyl halides is 3. The molecule has 1 saturated carbocycles. The smallest absolute Gasteiger partial charge is 0.385 e. The number of rotatable bonds is 8. The molecule has 0 spiro atoms. The van der Waals surface area contributed by atoms with Crippen molar-refractivity contribution in [1.29, 1.82) is 0 Å². The van der Waals surface area contributed by atoms with E-state index in [1.54, 1.807) is 0 Å². The lowest BCUT2D eigenvalue weighted by atomic mass is 9.76. The van der Waals surface area contributed by atoms with Crippen LogP contribution in [-0.4, -0.2) is 61.7 Å². The van der Waals surface area contributed by atoms with E-state index in [0.29, 0.717) is 11.7 Å². The molecule has 0 atom stereocenters. The van der Waals surface area contributed by atoms with E-state index in [0.717, 1.165) is 62.2 Å². The highest BCUT2D eigenvalue weighted by molar-refractivity contribution is 5.94. The summed E-state index contributed by atoms with van der Waals surface area (Å²) in [6.45, 7) is 5.78. The molecule has 1 amide bonds. The maximum absolute atomic E-state index is 12.9. The minimum Gasteiger partial charge on any atom is -0.385 e. The fourth-order valence-electron chi connectivity index (χ4n) is 5.17. The molecule has 0 radical (unpaired) electrons. The van der Waals surface area contributed by atoms with Crippen molar-refractivity contribution in [2.24, 2.45) is 0 Å². The van der Waals surface area contributed by atoms with Crippen molar-refractivity contribution in [1.82, 2.24) is 15.5 Å². The number of hydrogen-bond acceptors (Lipinski definition) is 5. The van der Waals surface area contributed by atoms with Gasteiger partial charge in [0.1, 0.15) is 0 Å². The van der Waals surface area contributed by atoms with Gasteiger partial charge in [0.05, 0.1) is 23.8 Å². The van der Waals surface area contributed by atoms with E-state index in [9.17, 15) is 23.1 Å². The molecule has 1 saturated heterocycles. The molecule has 1 aliphatic heterocycles. The number of hydrogen-bond donors (Lipinski definition) is 3. The maximum Gasteiger partial charge on any atom is 0.416 e. The lowest BCUT2D eigenvalue weighted by Gasteiger charge is -2.48. The molecule has 1 aliphatic carbocycles.